The number of methoxy groups -OCH3 is 1. The number of amides is 1. The van der Waals surface area contributed by atoms with E-state index in [0.717, 1.165) is 17.7 Å². The van der Waals surface area contributed by atoms with Gasteiger partial charge in [0.15, 0.2) is 5.16 Å². The van der Waals surface area contributed by atoms with E-state index in [0.29, 0.717) is 16.1 Å². The van der Waals surface area contributed by atoms with Crippen LogP contribution in [0.15, 0.2) is 58.5 Å². The van der Waals surface area contributed by atoms with Crippen molar-refractivity contribution < 1.29 is 9.53 Å². The van der Waals surface area contributed by atoms with Gasteiger partial charge in [0, 0.05) is 11.6 Å². The molecule has 3 aromatic rings. The summed E-state index contributed by atoms with van der Waals surface area (Å²) in [4.78, 5) is 30.3. The number of carbonyl (C=O) groups is 1. The Kier molecular flexibility index (Phi) is 7.15. The Morgan fingerprint density at radius 3 is 2.60 bits per heavy atom. The lowest BCUT2D eigenvalue weighted by Crippen LogP contribution is -2.30. The van der Waals surface area contributed by atoms with Crippen molar-refractivity contribution in [2.75, 3.05) is 12.9 Å². The quantitative estimate of drug-likeness (QED) is 0.429. The molecule has 6 nitrogen and oxygen atoms in total. The van der Waals surface area contributed by atoms with Crippen molar-refractivity contribution in [1.82, 2.24) is 14.9 Å². The number of nitrogens with zero attached hydrogens (tertiary/aromatic N) is 2. The van der Waals surface area contributed by atoms with Crippen LogP contribution in [0, 0.1) is 0 Å². The fourth-order valence-electron chi connectivity index (χ4n) is 3.31. The number of nitrogens with one attached hydrogen (secondary N) is 1. The highest BCUT2D eigenvalue weighted by atomic mass is 32.2. The van der Waals surface area contributed by atoms with Crippen LogP contribution in [0.4, 0.5) is 0 Å². The molecule has 3 rings (SSSR count). The van der Waals surface area contributed by atoms with Crippen LogP contribution in [0.5, 0.6) is 5.75 Å². The first-order chi connectivity index (χ1) is 14.5. The van der Waals surface area contributed by atoms with Gasteiger partial charge in [-0.3, -0.25) is 14.2 Å². The Morgan fingerprint density at radius 1 is 1.17 bits per heavy atom. The Labute approximate surface area is 180 Å². The SMILES string of the molecule is CC[C@H](C)n1c(SCC(=O)N[C@@H](C)c2ccccc2OC)nc2ccccc2c1=O. The minimum Gasteiger partial charge on any atom is -0.496 e. The van der Waals surface area contributed by atoms with Gasteiger partial charge >= 0.3 is 0 Å². The standard InChI is InChI=1S/C23H27N3O3S/c1-5-15(2)26-22(28)18-11-6-8-12-19(18)25-23(26)30-14-21(27)24-16(3)17-10-7-9-13-20(17)29-4/h6-13,15-16H,5,14H2,1-4H3,(H,24,27)/t15-,16-/m0/s1. The molecule has 1 heterocycles. The minimum atomic E-state index is -0.199. The largest absolute Gasteiger partial charge is 0.496 e. The molecule has 0 spiro atoms. The maximum absolute atomic E-state index is 13.0. The van der Waals surface area contributed by atoms with Gasteiger partial charge in [0.25, 0.3) is 5.56 Å². The van der Waals surface area contributed by atoms with Gasteiger partial charge < -0.3 is 10.1 Å². The van der Waals surface area contributed by atoms with Gasteiger partial charge in [0.05, 0.1) is 29.8 Å². The molecule has 0 fully saturated rings. The van der Waals surface area contributed by atoms with E-state index < -0.39 is 0 Å². The predicted molar refractivity (Wildman–Crippen MR) is 121 cm³/mol. The van der Waals surface area contributed by atoms with E-state index in [1.807, 2.05) is 63.2 Å². The molecule has 0 bridgehead atoms. The number of rotatable bonds is 8. The van der Waals surface area contributed by atoms with E-state index >= 15 is 0 Å². The zero-order valence-electron chi connectivity index (χ0n) is 17.7. The van der Waals surface area contributed by atoms with Crippen LogP contribution in [0.2, 0.25) is 0 Å². The number of carbonyl (C=O) groups excluding carboxylic acids is 1. The average molecular weight is 426 g/mol. The van der Waals surface area contributed by atoms with Crippen LogP contribution in [0.3, 0.4) is 0 Å². The van der Waals surface area contributed by atoms with Gasteiger partial charge in [0.1, 0.15) is 5.75 Å². The summed E-state index contributed by atoms with van der Waals surface area (Å²) in [5, 5.41) is 4.16. The smallest absolute Gasteiger partial charge is 0.262 e. The molecule has 2 atom stereocenters. The van der Waals surface area contributed by atoms with Crippen molar-refractivity contribution in [1.29, 1.82) is 0 Å². The molecule has 0 radical (unpaired) electrons. The van der Waals surface area contributed by atoms with Crippen molar-refractivity contribution in [2.45, 2.75) is 44.4 Å². The lowest BCUT2D eigenvalue weighted by molar-refractivity contribution is -0.119. The lowest BCUT2D eigenvalue weighted by atomic mass is 10.1. The monoisotopic (exact) mass is 425 g/mol. The maximum Gasteiger partial charge on any atom is 0.262 e. The average Bonchev–Trinajstić information content (AvgIpc) is 2.77. The highest BCUT2D eigenvalue weighted by molar-refractivity contribution is 7.99. The first kappa shape index (κ1) is 21.9. The molecule has 0 aliphatic heterocycles. The molecule has 30 heavy (non-hydrogen) atoms. The van der Waals surface area contributed by atoms with Crippen LogP contribution in [-0.4, -0.2) is 28.3 Å². The zero-order valence-corrected chi connectivity index (χ0v) is 18.5. The van der Waals surface area contributed by atoms with E-state index in [4.69, 9.17) is 4.74 Å². The van der Waals surface area contributed by atoms with Crippen LogP contribution in [0.1, 0.15) is 44.8 Å². The normalized spacial score (nSPS) is 13.1. The molecule has 7 heteroatoms. The second-order valence-corrected chi connectivity index (χ2v) is 8.11. The molecule has 2 aromatic carbocycles. The molecule has 1 aromatic heterocycles. The second-order valence-electron chi connectivity index (χ2n) is 7.16. The van der Waals surface area contributed by atoms with Crippen LogP contribution >= 0.6 is 11.8 Å². The molecule has 0 aliphatic rings. The number of hydrogen-bond donors (Lipinski definition) is 1. The topological polar surface area (TPSA) is 73.2 Å². The molecule has 1 N–H and O–H groups in total. The number of fused-ring (bicyclic) bond motifs is 1. The Balaban J connectivity index is 1.79. The third-order valence-electron chi connectivity index (χ3n) is 5.12. The molecule has 0 unspecified atom stereocenters. The Hall–Kier alpha value is -2.80. The summed E-state index contributed by atoms with van der Waals surface area (Å²) < 4.78 is 7.08. The molecule has 0 saturated heterocycles. The number of benzene rings is 2. The van der Waals surface area contributed by atoms with Gasteiger partial charge in [-0.05, 0) is 38.5 Å². The zero-order chi connectivity index (χ0) is 21.7. The van der Waals surface area contributed by atoms with Gasteiger partial charge in [-0.2, -0.15) is 0 Å². The fourth-order valence-corrected chi connectivity index (χ4v) is 4.22. The number of aromatic nitrogens is 2. The lowest BCUT2D eigenvalue weighted by Gasteiger charge is -2.19. The van der Waals surface area contributed by atoms with Crippen molar-refractivity contribution in [3.05, 3.63) is 64.4 Å². The first-order valence-corrected chi connectivity index (χ1v) is 11.0. The number of ether oxygens (including phenoxy) is 1. The summed E-state index contributed by atoms with van der Waals surface area (Å²) in [6.07, 6.45) is 0.796. The van der Waals surface area contributed by atoms with Crippen LogP contribution in [-0.2, 0) is 4.79 Å². The molecule has 1 amide bonds. The maximum atomic E-state index is 13.0. The summed E-state index contributed by atoms with van der Waals surface area (Å²) in [6, 6.07) is 14.7. The summed E-state index contributed by atoms with van der Waals surface area (Å²) >= 11 is 1.28. The summed E-state index contributed by atoms with van der Waals surface area (Å²) in [7, 11) is 1.61. The fraction of sp³-hybridized carbons (Fsp3) is 0.348. The molecule has 0 saturated carbocycles. The first-order valence-electron chi connectivity index (χ1n) is 10.0. The minimum absolute atomic E-state index is 0.00679. The number of para-hydroxylation sites is 2. The van der Waals surface area contributed by atoms with Crippen LogP contribution in [0.25, 0.3) is 10.9 Å². The van der Waals surface area contributed by atoms with Crippen molar-refractivity contribution >= 4 is 28.6 Å². The second kappa shape index (κ2) is 9.80. The van der Waals surface area contributed by atoms with E-state index in [2.05, 4.69) is 10.3 Å². The third-order valence-corrected chi connectivity index (χ3v) is 6.08. The molecular weight excluding hydrogens is 398 g/mol. The molecule has 0 aliphatic carbocycles. The molecular formula is C23H27N3O3S. The van der Waals surface area contributed by atoms with E-state index in [9.17, 15) is 9.59 Å². The summed E-state index contributed by atoms with van der Waals surface area (Å²) in [5.74, 6) is 0.775. The Morgan fingerprint density at radius 2 is 1.87 bits per heavy atom. The van der Waals surface area contributed by atoms with E-state index in [1.165, 1.54) is 11.8 Å². The van der Waals surface area contributed by atoms with Crippen molar-refractivity contribution in [3.8, 4) is 5.75 Å². The van der Waals surface area contributed by atoms with Crippen molar-refractivity contribution in [2.24, 2.45) is 0 Å². The summed E-state index contributed by atoms with van der Waals surface area (Å²) in [6.45, 7) is 5.94. The van der Waals surface area contributed by atoms with Crippen LogP contribution < -0.4 is 15.6 Å². The Bertz CT molecular complexity index is 1100. The summed E-state index contributed by atoms with van der Waals surface area (Å²) in [5.41, 5.74) is 1.49. The number of thioether (sulfide) groups is 1. The van der Waals surface area contributed by atoms with Crippen molar-refractivity contribution in [3.63, 3.8) is 0 Å². The highest BCUT2D eigenvalue weighted by Crippen LogP contribution is 2.25. The third kappa shape index (κ3) is 4.67. The van der Waals surface area contributed by atoms with Gasteiger partial charge in [-0.1, -0.05) is 49.0 Å². The van der Waals surface area contributed by atoms with E-state index in [1.54, 1.807) is 17.7 Å². The van der Waals surface area contributed by atoms with E-state index in [-0.39, 0.29) is 29.3 Å². The number of hydrogen-bond acceptors (Lipinski definition) is 5. The molecule has 158 valence electrons. The van der Waals surface area contributed by atoms with Gasteiger partial charge in [0.2, 0.25) is 5.91 Å². The van der Waals surface area contributed by atoms with Gasteiger partial charge in [-0.25, -0.2) is 4.98 Å². The predicted octanol–water partition coefficient (Wildman–Crippen LogP) is 4.35. The highest BCUT2D eigenvalue weighted by Gasteiger charge is 2.18. The van der Waals surface area contributed by atoms with Gasteiger partial charge in [-0.15, -0.1) is 0 Å².